The molecule has 0 aliphatic carbocycles. The predicted molar refractivity (Wildman–Crippen MR) is 149 cm³/mol. The summed E-state index contributed by atoms with van der Waals surface area (Å²) in [6.07, 6.45) is -0.0910. The van der Waals surface area contributed by atoms with E-state index in [1.165, 1.54) is 0 Å². The summed E-state index contributed by atoms with van der Waals surface area (Å²) in [5.74, 6) is -0.686. The molecule has 0 bridgehead atoms. The van der Waals surface area contributed by atoms with Gasteiger partial charge in [0.05, 0.1) is 0 Å². The summed E-state index contributed by atoms with van der Waals surface area (Å²) >= 11 is 0. The molecule has 2 N–H and O–H groups in total. The number of aryl methyl sites for hydroxylation is 3. The summed E-state index contributed by atoms with van der Waals surface area (Å²) in [5.41, 5.74) is 2.81. The monoisotopic (exact) mass is 509 g/mol. The minimum absolute atomic E-state index is 0.314. The van der Waals surface area contributed by atoms with Crippen molar-refractivity contribution >= 4 is 23.6 Å². The van der Waals surface area contributed by atoms with E-state index in [0.717, 1.165) is 27.9 Å². The first-order chi connectivity index (χ1) is 17.1. The van der Waals surface area contributed by atoms with E-state index in [4.69, 9.17) is 4.74 Å². The molecule has 0 aliphatic heterocycles. The van der Waals surface area contributed by atoms with Crippen LogP contribution in [0.4, 0.5) is 10.5 Å². The van der Waals surface area contributed by atoms with Crippen LogP contribution in [0.5, 0.6) is 0 Å². The van der Waals surface area contributed by atoms with E-state index in [-0.39, 0.29) is 11.8 Å². The predicted octanol–water partition coefficient (Wildman–Crippen LogP) is 6.22. The first-order valence-corrected chi connectivity index (χ1v) is 12.8. The minimum Gasteiger partial charge on any atom is -0.444 e. The van der Waals surface area contributed by atoms with E-state index < -0.39 is 29.3 Å². The number of ether oxygens (including phenoxy) is 1. The highest BCUT2D eigenvalue weighted by molar-refractivity contribution is 6.00. The molecule has 3 amide bonds. The third kappa shape index (κ3) is 7.57. The lowest BCUT2D eigenvalue weighted by atomic mass is 9.90. The highest BCUT2D eigenvalue weighted by atomic mass is 16.6. The standard InChI is InChI=1S/C30H43N3O4/c1-11-30(9,10)33(27(35)22(5)31-28(36)37-29(6,7)8)25(23-18-13-12-15-19(23)2)26(34)32-24-20(3)16-14-17-21(24)4/h12-18,22,25H,11H2,1-10H3,(H,31,36)(H,32,34). The molecule has 0 fully saturated rings. The van der Waals surface area contributed by atoms with Crippen LogP contribution in [-0.4, -0.2) is 40.0 Å². The molecule has 0 aliphatic rings. The zero-order chi connectivity index (χ0) is 28.1. The molecule has 0 saturated heterocycles. The van der Waals surface area contributed by atoms with Crippen LogP contribution in [0.1, 0.15) is 83.2 Å². The maximum absolute atomic E-state index is 14.1. The van der Waals surface area contributed by atoms with Crippen molar-refractivity contribution in [1.82, 2.24) is 10.2 Å². The molecule has 2 aromatic rings. The highest BCUT2D eigenvalue weighted by Crippen LogP contribution is 2.35. The number of carbonyl (C=O) groups excluding carboxylic acids is 3. The van der Waals surface area contributed by atoms with Gasteiger partial charge in [0, 0.05) is 11.2 Å². The number of hydrogen-bond acceptors (Lipinski definition) is 4. The van der Waals surface area contributed by atoms with Crippen molar-refractivity contribution in [2.45, 2.75) is 98.9 Å². The van der Waals surface area contributed by atoms with Crippen molar-refractivity contribution in [3.63, 3.8) is 0 Å². The second-order valence-corrected chi connectivity index (χ2v) is 11.3. The Morgan fingerprint density at radius 2 is 1.43 bits per heavy atom. The van der Waals surface area contributed by atoms with Gasteiger partial charge in [-0.05, 0) is 91.0 Å². The van der Waals surface area contributed by atoms with Crippen LogP contribution >= 0.6 is 0 Å². The van der Waals surface area contributed by atoms with E-state index in [9.17, 15) is 14.4 Å². The van der Waals surface area contributed by atoms with Gasteiger partial charge in [-0.1, -0.05) is 49.4 Å². The van der Waals surface area contributed by atoms with Crippen molar-refractivity contribution in [2.75, 3.05) is 5.32 Å². The van der Waals surface area contributed by atoms with E-state index in [1.807, 2.05) is 84.0 Å². The largest absolute Gasteiger partial charge is 0.444 e. The number of carbonyl (C=O) groups is 3. The molecule has 0 aromatic heterocycles. The van der Waals surface area contributed by atoms with Gasteiger partial charge in [0.1, 0.15) is 17.7 Å². The molecular weight excluding hydrogens is 466 g/mol. The molecule has 37 heavy (non-hydrogen) atoms. The molecule has 7 heteroatoms. The number of rotatable bonds is 8. The number of nitrogens with one attached hydrogen (secondary N) is 2. The number of amides is 3. The maximum atomic E-state index is 14.1. The minimum atomic E-state index is -0.925. The average molecular weight is 510 g/mol. The zero-order valence-corrected chi connectivity index (χ0v) is 24.0. The lowest BCUT2D eigenvalue weighted by Crippen LogP contribution is -2.58. The van der Waals surface area contributed by atoms with Gasteiger partial charge in [0.2, 0.25) is 5.91 Å². The summed E-state index contributed by atoms with van der Waals surface area (Å²) in [7, 11) is 0. The van der Waals surface area contributed by atoms with Crippen LogP contribution in [0.15, 0.2) is 42.5 Å². The Morgan fingerprint density at radius 1 is 0.892 bits per heavy atom. The first-order valence-electron chi connectivity index (χ1n) is 12.8. The normalized spacial score (nSPS) is 13.4. The van der Waals surface area contributed by atoms with Crippen molar-refractivity contribution < 1.29 is 19.1 Å². The number of benzene rings is 2. The Labute approximate surface area is 222 Å². The van der Waals surface area contributed by atoms with Gasteiger partial charge in [0.25, 0.3) is 5.91 Å². The number of alkyl carbamates (subject to hydrolysis) is 1. The fraction of sp³-hybridized carbons (Fsp3) is 0.500. The van der Waals surface area contributed by atoms with Crippen LogP contribution in [0.25, 0.3) is 0 Å². The number of anilines is 1. The Hall–Kier alpha value is -3.35. The number of hydrogen-bond donors (Lipinski definition) is 2. The SMILES string of the molecule is CCC(C)(C)N(C(=O)C(C)NC(=O)OC(C)(C)C)C(C(=O)Nc1c(C)cccc1C)c1ccccc1C. The van der Waals surface area contributed by atoms with Crippen molar-refractivity contribution in [2.24, 2.45) is 0 Å². The molecular formula is C30H43N3O4. The average Bonchev–Trinajstić information content (AvgIpc) is 2.78. The van der Waals surface area contributed by atoms with E-state index >= 15 is 0 Å². The molecule has 0 spiro atoms. The molecule has 2 unspecified atom stereocenters. The number of para-hydroxylation sites is 1. The van der Waals surface area contributed by atoms with Crippen molar-refractivity contribution in [1.29, 1.82) is 0 Å². The summed E-state index contributed by atoms with van der Waals surface area (Å²) in [6.45, 7) is 18.6. The van der Waals surface area contributed by atoms with Crippen LogP contribution in [-0.2, 0) is 14.3 Å². The topological polar surface area (TPSA) is 87.7 Å². The number of nitrogens with zero attached hydrogens (tertiary/aromatic N) is 1. The first kappa shape index (κ1) is 29.9. The van der Waals surface area contributed by atoms with Gasteiger partial charge >= 0.3 is 6.09 Å². The van der Waals surface area contributed by atoms with Crippen molar-refractivity contribution in [3.05, 3.63) is 64.7 Å². The van der Waals surface area contributed by atoms with Gasteiger partial charge in [-0.25, -0.2) is 4.79 Å². The van der Waals surface area contributed by atoms with Gasteiger partial charge in [-0.3, -0.25) is 9.59 Å². The second kappa shape index (κ2) is 11.8. The molecule has 7 nitrogen and oxygen atoms in total. The van der Waals surface area contributed by atoms with E-state index in [2.05, 4.69) is 10.6 Å². The Kier molecular flexibility index (Phi) is 9.53. The summed E-state index contributed by atoms with van der Waals surface area (Å²) in [4.78, 5) is 42.2. The van der Waals surface area contributed by atoms with Crippen LogP contribution < -0.4 is 10.6 Å². The van der Waals surface area contributed by atoms with E-state index in [0.29, 0.717) is 6.42 Å². The van der Waals surface area contributed by atoms with Crippen LogP contribution in [0, 0.1) is 20.8 Å². The fourth-order valence-electron chi connectivity index (χ4n) is 4.19. The molecule has 0 heterocycles. The smallest absolute Gasteiger partial charge is 0.408 e. The summed E-state index contributed by atoms with van der Waals surface area (Å²) in [5, 5.41) is 5.76. The summed E-state index contributed by atoms with van der Waals surface area (Å²) in [6, 6.07) is 11.6. The maximum Gasteiger partial charge on any atom is 0.408 e. The third-order valence-corrected chi connectivity index (χ3v) is 6.58. The fourth-order valence-corrected chi connectivity index (χ4v) is 4.19. The molecule has 2 atom stereocenters. The molecule has 2 rings (SSSR count). The van der Waals surface area contributed by atoms with Crippen LogP contribution in [0.2, 0.25) is 0 Å². The van der Waals surface area contributed by atoms with Gasteiger partial charge in [-0.15, -0.1) is 0 Å². The molecule has 0 radical (unpaired) electrons. The molecule has 0 saturated carbocycles. The van der Waals surface area contributed by atoms with Gasteiger partial charge in [-0.2, -0.15) is 0 Å². The lowest BCUT2D eigenvalue weighted by Gasteiger charge is -2.44. The van der Waals surface area contributed by atoms with Crippen molar-refractivity contribution in [3.8, 4) is 0 Å². The second-order valence-electron chi connectivity index (χ2n) is 11.3. The Balaban J connectivity index is 2.59. The Bertz CT molecular complexity index is 1110. The highest BCUT2D eigenvalue weighted by Gasteiger charge is 2.42. The molecule has 202 valence electrons. The summed E-state index contributed by atoms with van der Waals surface area (Å²) < 4.78 is 5.37. The molecule has 2 aromatic carbocycles. The van der Waals surface area contributed by atoms with Gasteiger partial charge in [0.15, 0.2) is 0 Å². The van der Waals surface area contributed by atoms with E-state index in [1.54, 1.807) is 32.6 Å². The Morgan fingerprint density at radius 3 is 1.95 bits per heavy atom. The zero-order valence-electron chi connectivity index (χ0n) is 24.0. The lowest BCUT2D eigenvalue weighted by molar-refractivity contribution is -0.147. The van der Waals surface area contributed by atoms with Gasteiger partial charge < -0.3 is 20.3 Å². The third-order valence-electron chi connectivity index (χ3n) is 6.58. The quantitative estimate of drug-likeness (QED) is 0.442. The van der Waals surface area contributed by atoms with Crippen LogP contribution in [0.3, 0.4) is 0 Å².